The second-order valence-corrected chi connectivity index (χ2v) is 5.91. The maximum atomic E-state index is 11.2. The molecule has 0 radical (unpaired) electrons. The second kappa shape index (κ2) is 4.60. The third-order valence-electron chi connectivity index (χ3n) is 1.01. The molecule has 0 aliphatic rings. The number of hydrogen-bond donors (Lipinski definition) is 1. The highest BCUT2D eigenvalue weighted by Gasteiger charge is 2.25. The first-order valence-corrected chi connectivity index (χ1v) is 4.93. The van der Waals surface area contributed by atoms with E-state index in [9.17, 15) is 4.79 Å². The van der Waals surface area contributed by atoms with E-state index >= 15 is 0 Å². The number of ether oxygens (including phenoxy) is 1. The topological polar surface area (TPSA) is 52.3 Å². The zero-order valence-electron chi connectivity index (χ0n) is 8.11. The van der Waals surface area contributed by atoms with Crippen molar-refractivity contribution < 1.29 is 9.53 Å². The number of alkyl halides is 3. The molecule has 0 atom stereocenters. The summed E-state index contributed by atoms with van der Waals surface area (Å²) in [6.07, 6.45) is 0.957. The molecule has 14 heavy (non-hydrogen) atoms. The van der Waals surface area contributed by atoms with E-state index in [-0.39, 0.29) is 5.70 Å². The van der Waals surface area contributed by atoms with E-state index < -0.39 is 15.4 Å². The summed E-state index contributed by atoms with van der Waals surface area (Å²) in [5, 5.41) is 0. The summed E-state index contributed by atoms with van der Waals surface area (Å²) in [4.78, 5) is 11.2. The molecule has 3 nitrogen and oxygen atoms in total. The van der Waals surface area contributed by atoms with Crippen molar-refractivity contribution in [2.75, 3.05) is 0 Å². The van der Waals surface area contributed by atoms with Crippen molar-refractivity contribution in [1.82, 2.24) is 0 Å². The minimum absolute atomic E-state index is 0.170. The quantitative estimate of drug-likeness (QED) is 0.448. The van der Waals surface area contributed by atoms with Crippen molar-refractivity contribution >= 4 is 40.8 Å². The normalized spacial score (nSPS) is 14.0. The van der Waals surface area contributed by atoms with Crippen LogP contribution in [0, 0.1) is 0 Å². The molecular weight excluding hydrogens is 248 g/mol. The maximum Gasteiger partial charge on any atom is 0.333 e. The van der Waals surface area contributed by atoms with Crippen LogP contribution in [-0.2, 0) is 9.53 Å². The van der Waals surface area contributed by atoms with Gasteiger partial charge in [-0.25, -0.2) is 4.79 Å². The largest absolute Gasteiger partial charge is 0.457 e. The summed E-state index contributed by atoms with van der Waals surface area (Å²) in [5.74, 6) is -0.638. The van der Waals surface area contributed by atoms with Gasteiger partial charge in [-0.15, -0.1) is 0 Å². The van der Waals surface area contributed by atoms with Gasteiger partial charge in [0.15, 0.2) is 0 Å². The van der Waals surface area contributed by atoms with Crippen LogP contribution in [0.2, 0.25) is 0 Å². The Morgan fingerprint density at radius 1 is 1.29 bits per heavy atom. The number of nitrogens with two attached hydrogens (primary N) is 1. The van der Waals surface area contributed by atoms with Crippen molar-refractivity contribution in [1.29, 1.82) is 0 Å². The van der Waals surface area contributed by atoms with Crippen LogP contribution < -0.4 is 5.73 Å². The highest BCUT2D eigenvalue weighted by Crippen LogP contribution is 2.31. The van der Waals surface area contributed by atoms with E-state index in [4.69, 9.17) is 45.3 Å². The van der Waals surface area contributed by atoms with Gasteiger partial charge in [-0.1, -0.05) is 34.8 Å². The summed E-state index contributed by atoms with van der Waals surface area (Å²) < 4.78 is 3.15. The molecule has 0 spiro atoms. The number of hydrogen-bond acceptors (Lipinski definition) is 3. The smallest absolute Gasteiger partial charge is 0.333 e. The average molecular weight is 261 g/mol. The molecule has 0 amide bonds. The Hall–Kier alpha value is -0.120. The highest BCUT2D eigenvalue weighted by molar-refractivity contribution is 6.69. The molecule has 6 heteroatoms. The van der Waals surface area contributed by atoms with Gasteiger partial charge in [-0.05, 0) is 20.8 Å². The minimum atomic E-state index is -1.78. The lowest BCUT2D eigenvalue weighted by molar-refractivity contribution is -0.148. The van der Waals surface area contributed by atoms with Gasteiger partial charge < -0.3 is 10.5 Å². The fraction of sp³-hybridized carbons (Fsp3) is 0.625. The Labute approximate surface area is 98.1 Å². The van der Waals surface area contributed by atoms with E-state index in [1.165, 1.54) is 0 Å². The Morgan fingerprint density at radius 3 is 2.00 bits per heavy atom. The zero-order chi connectivity index (χ0) is 11.6. The van der Waals surface area contributed by atoms with Gasteiger partial charge in [-0.3, -0.25) is 0 Å². The second-order valence-electron chi connectivity index (χ2n) is 3.63. The van der Waals surface area contributed by atoms with Gasteiger partial charge >= 0.3 is 5.97 Å². The van der Waals surface area contributed by atoms with Crippen LogP contribution in [0.15, 0.2) is 11.8 Å². The van der Waals surface area contributed by atoms with Crippen molar-refractivity contribution in [2.24, 2.45) is 5.73 Å². The van der Waals surface area contributed by atoms with Crippen molar-refractivity contribution in [3.8, 4) is 0 Å². The molecule has 0 aromatic carbocycles. The molecular formula is C8H12Cl3NO2. The molecule has 0 saturated carbocycles. The highest BCUT2D eigenvalue weighted by atomic mass is 35.6. The lowest BCUT2D eigenvalue weighted by Crippen LogP contribution is -2.25. The third-order valence-corrected chi connectivity index (χ3v) is 1.66. The van der Waals surface area contributed by atoms with Crippen molar-refractivity contribution in [2.45, 2.75) is 30.2 Å². The summed E-state index contributed by atoms with van der Waals surface area (Å²) in [6.45, 7) is 5.18. The molecule has 0 aromatic rings. The van der Waals surface area contributed by atoms with Gasteiger partial charge in [0.05, 0.1) is 5.70 Å². The molecule has 0 unspecified atom stereocenters. The fourth-order valence-corrected chi connectivity index (χ4v) is 0.704. The summed E-state index contributed by atoms with van der Waals surface area (Å²) in [6, 6.07) is 0. The predicted octanol–water partition coefficient (Wildman–Crippen LogP) is 2.54. The average Bonchev–Trinajstić information content (AvgIpc) is 1.79. The maximum absolute atomic E-state index is 11.2. The Morgan fingerprint density at radius 2 is 1.71 bits per heavy atom. The van der Waals surface area contributed by atoms with Gasteiger partial charge in [0, 0.05) is 6.08 Å². The number of halogens is 3. The molecule has 82 valence electrons. The van der Waals surface area contributed by atoms with Crippen LogP contribution in [0.4, 0.5) is 0 Å². The van der Waals surface area contributed by atoms with E-state index in [1.54, 1.807) is 20.8 Å². The lowest BCUT2D eigenvalue weighted by atomic mass is 10.2. The van der Waals surface area contributed by atoms with Crippen LogP contribution in [0.3, 0.4) is 0 Å². The molecule has 2 N–H and O–H groups in total. The number of allylic oxidation sites excluding steroid dienone is 1. The molecule has 0 aliphatic carbocycles. The Kier molecular flexibility index (Phi) is 4.56. The molecule has 0 bridgehead atoms. The summed E-state index contributed by atoms with van der Waals surface area (Å²) in [7, 11) is 0. The van der Waals surface area contributed by atoms with Gasteiger partial charge in [0.1, 0.15) is 5.60 Å². The standard InChI is InChI=1S/C8H12Cl3NO2/c1-7(2,3)14-6(13)4-5(12)8(9,10)11/h4H,12H2,1-3H3/b5-4-. The summed E-state index contributed by atoms with van der Waals surface area (Å²) >= 11 is 16.3. The van der Waals surface area contributed by atoms with Crippen LogP contribution in [0.1, 0.15) is 20.8 Å². The van der Waals surface area contributed by atoms with Gasteiger partial charge in [0.2, 0.25) is 3.79 Å². The number of esters is 1. The van der Waals surface area contributed by atoms with Crippen molar-refractivity contribution in [3.63, 3.8) is 0 Å². The molecule has 0 saturated heterocycles. The zero-order valence-corrected chi connectivity index (χ0v) is 10.4. The van der Waals surface area contributed by atoms with E-state index in [0.29, 0.717) is 0 Å². The molecule has 0 aliphatic heterocycles. The van der Waals surface area contributed by atoms with E-state index in [0.717, 1.165) is 6.08 Å². The lowest BCUT2D eigenvalue weighted by Gasteiger charge is -2.19. The first kappa shape index (κ1) is 13.9. The van der Waals surface area contributed by atoms with Crippen molar-refractivity contribution in [3.05, 3.63) is 11.8 Å². The number of rotatable bonds is 1. The molecule has 0 fully saturated rings. The van der Waals surface area contributed by atoms with E-state index in [1.807, 2.05) is 0 Å². The Balaban J connectivity index is 4.46. The number of carbonyl (C=O) groups is 1. The number of carbonyl (C=O) groups excluding carboxylic acids is 1. The molecule has 0 heterocycles. The van der Waals surface area contributed by atoms with Crippen LogP contribution in [0.25, 0.3) is 0 Å². The fourth-order valence-electron chi connectivity index (χ4n) is 0.540. The third kappa shape index (κ3) is 6.35. The van der Waals surface area contributed by atoms with Crippen LogP contribution >= 0.6 is 34.8 Å². The van der Waals surface area contributed by atoms with Gasteiger partial charge in [-0.2, -0.15) is 0 Å². The van der Waals surface area contributed by atoms with Crippen LogP contribution in [0.5, 0.6) is 0 Å². The Bertz CT molecular complexity index is 250. The summed E-state index contributed by atoms with van der Waals surface area (Å²) in [5.41, 5.74) is 4.57. The van der Waals surface area contributed by atoms with Gasteiger partial charge in [0.25, 0.3) is 0 Å². The monoisotopic (exact) mass is 259 g/mol. The first-order chi connectivity index (χ1) is 6.02. The SMILES string of the molecule is CC(C)(C)OC(=O)/C=C(\N)C(Cl)(Cl)Cl. The molecule has 0 rings (SSSR count). The predicted molar refractivity (Wildman–Crippen MR) is 58.4 cm³/mol. The van der Waals surface area contributed by atoms with E-state index in [2.05, 4.69) is 0 Å². The van der Waals surface area contributed by atoms with Crippen LogP contribution in [-0.4, -0.2) is 15.4 Å². The molecule has 0 aromatic heterocycles. The minimum Gasteiger partial charge on any atom is -0.457 e. The first-order valence-electron chi connectivity index (χ1n) is 3.80.